The van der Waals surface area contributed by atoms with E-state index in [-0.39, 0.29) is 5.97 Å². The van der Waals surface area contributed by atoms with Gasteiger partial charge in [0.25, 0.3) is 0 Å². The SMILES string of the molecule is COC(=O)C=Cc1ccc(S)cc1. The monoisotopic (exact) mass is 194 g/mol. The molecule has 0 spiro atoms. The minimum Gasteiger partial charge on any atom is -0.466 e. The van der Waals surface area contributed by atoms with Crippen LogP contribution in [0.3, 0.4) is 0 Å². The number of esters is 1. The molecule has 0 N–H and O–H groups in total. The molecule has 1 rings (SSSR count). The zero-order chi connectivity index (χ0) is 9.68. The Morgan fingerprint density at radius 1 is 1.38 bits per heavy atom. The van der Waals surface area contributed by atoms with Gasteiger partial charge in [-0.2, -0.15) is 0 Å². The van der Waals surface area contributed by atoms with Gasteiger partial charge in [0.05, 0.1) is 7.11 Å². The fourth-order valence-electron chi connectivity index (χ4n) is 0.818. The largest absolute Gasteiger partial charge is 0.466 e. The molecule has 3 heteroatoms. The van der Waals surface area contributed by atoms with E-state index in [0.717, 1.165) is 10.5 Å². The van der Waals surface area contributed by atoms with Crippen LogP contribution in [0.25, 0.3) is 6.08 Å². The highest BCUT2D eigenvalue weighted by molar-refractivity contribution is 7.80. The number of carbonyl (C=O) groups is 1. The molecule has 0 aliphatic rings. The number of benzene rings is 1. The standard InChI is InChI=1S/C10H10O2S/c1-12-10(11)7-4-8-2-5-9(13)6-3-8/h2-7,13H,1H3. The van der Waals surface area contributed by atoms with Gasteiger partial charge in [-0.25, -0.2) is 4.79 Å². The zero-order valence-electron chi connectivity index (χ0n) is 7.23. The van der Waals surface area contributed by atoms with Crippen LogP contribution in [0.5, 0.6) is 0 Å². The fourth-order valence-corrected chi connectivity index (χ4v) is 0.967. The summed E-state index contributed by atoms with van der Waals surface area (Å²) in [5.74, 6) is -0.352. The van der Waals surface area contributed by atoms with Gasteiger partial charge >= 0.3 is 5.97 Å². The molecule has 0 aliphatic carbocycles. The Hall–Kier alpha value is -1.22. The summed E-state index contributed by atoms with van der Waals surface area (Å²) in [6, 6.07) is 7.48. The van der Waals surface area contributed by atoms with Crippen LogP contribution >= 0.6 is 12.6 Å². The highest BCUT2D eigenvalue weighted by atomic mass is 32.1. The van der Waals surface area contributed by atoms with Gasteiger partial charge in [-0.15, -0.1) is 12.6 Å². The number of hydrogen-bond acceptors (Lipinski definition) is 3. The van der Waals surface area contributed by atoms with Gasteiger partial charge in [-0.3, -0.25) is 0 Å². The first kappa shape index (κ1) is 9.86. The molecule has 1 aromatic carbocycles. The molecular weight excluding hydrogens is 184 g/mol. The quantitative estimate of drug-likeness (QED) is 0.443. The van der Waals surface area contributed by atoms with Crippen molar-refractivity contribution < 1.29 is 9.53 Å². The molecule has 0 fully saturated rings. The smallest absolute Gasteiger partial charge is 0.330 e. The average Bonchev–Trinajstić information content (AvgIpc) is 2.16. The second-order valence-electron chi connectivity index (χ2n) is 2.45. The molecule has 2 nitrogen and oxygen atoms in total. The zero-order valence-corrected chi connectivity index (χ0v) is 8.12. The lowest BCUT2D eigenvalue weighted by Gasteiger charge is -1.93. The second kappa shape index (κ2) is 4.72. The molecule has 0 radical (unpaired) electrons. The predicted molar refractivity (Wildman–Crippen MR) is 54.7 cm³/mol. The van der Waals surface area contributed by atoms with Crippen LogP contribution in [0.1, 0.15) is 5.56 Å². The lowest BCUT2D eigenvalue weighted by molar-refractivity contribution is -0.134. The summed E-state index contributed by atoms with van der Waals surface area (Å²) in [7, 11) is 1.35. The highest BCUT2D eigenvalue weighted by Crippen LogP contribution is 2.08. The van der Waals surface area contributed by atoms with Crippen molar-refractivity contribution in [2.24, 2.45) is 0 Å². The molecule has 0 atom stereocenters. The molecule has 0 bridgehead atoms. The Labute approximate surface area is 82.6 Å². The van der Waals surface area contributed by atoms with Gasteiger partial charge in [0, 0.05) is 11.0 Å². The number of methoxy groups -OCH3 is 1. The average molecular weight is 194 g/mol. The third-order valence-electron chi connectivity index (χ3n) is 1.51. The number of ether oxygens (including phenoxy) is 1. The van der Waals surface area contributed by atoms with Crippen molar-refractivity contribution in [2.45, 2.75) is 4.90 Å². The molecule has 1 aromatic rings. The predicted octanol–water partition coefficient (Wildman–Crippen LogP) is 2.16. The van der Waals surface area contributed by atoms with Crippen molar-refractivity contribution in [1.29, 1.82) is 0 Å². The lowest BCUT2D eigenvalue weighted by Crippen LogP contribution is -1.93. The van der Waals surface area contributed by atoms with Crippen molar-refractivity contribution in [3.63, 3.8) is 0 Å². The van der Waals surface area contributed by atoms with Crippen LogP contribution in [0.2, 0.25) is 0 Å². The highest BCUT2D eigenvalue weighted by Gasteiger charge is 1.91. The number of hydrogen-bond donors (Lipinski definition) is 1. The molecule has 13 heavy (non-hydrogen) atoms. The first-order valence-electron chi connectivity index (χ1n) is 3.77. The molecule has 0 saturated heterocycles. The Balaban J connectivity index is 2.69. The summed E-state index contributed by atoms with van der Waals surface area (Å²) >= 11 is 4.14. The minimum absolute atomic E-state index is 0.352. The maximum Gasteiger partial charge on any atom is 0.330 e. The third kappa shape index (κ3) is 3.34. The summed E-state index contributed by atoms with van der Waals surface area (Å²) in [6.07, 6.45) is 3.08. The van der Waals surface area contributed by atoms with E-state index in [1.54, 1.807) is 6.08 Å². The van der Waals surface area contributed by atoms with Crippen LogP contribution in [0.15, 0.2) is 35.2 Å². The van der Waals surface area contributed by atoms with Gasteiger partial charge < -0.3 is 4.74 Å². The van der Waals surface area contributed by atoms with Crippen LogP contribution in [0.4, 0.5) is 0 Å². The van der Waals surface area contributed by atoms with Gasteiger partial charge in [-0.1, -0.05) is 12.1 Å². The van der Waals surface area contributed by atoms with E-state index in [4.69, 9.17) is 0 Å². The first-order chi connectivity index (χ1) is 6.22. The Kier molecular flexibility index (Phi) is 3.58. The molecular formula is C10H10O2S. The van der Waals surface area contributed by atoms with Crippen LogP contribution in [-0.4, -0.2) is 13.1 Å². The summed E-state index contributed by atoms with van der Waals surface area (Å²) in [6.45, 7) is 0. The third-order valence-corrected chi connectivity index (χ3v) is 1.80. The number of rotatable bonds is 2. The first-order valence-corrected chi connectivity index (χ1v) is 4.22. The second-order valence-corrected chi connectivity index (χ2v) is 2.96. The Bertz CT molecular complexity index is 314. The van der Waals surface area contributed by atoms with E-state index in [2.05, 4.69) is 17.4 Å². The molecule has 0 aliphatic heterocycles. The fraction of sp³-hybridized carbons (Fsp3) is 0.100. The van der Waals surface area contributed by atoms with Gasteiger partial charge in [-0.05, 0) is 23.8 Å². The maximum absolute atomic E-state index is 10.7. The summed E-state index contributed by atoms with van der Waals surface area (Å²) in [4.78, 5) is 11.6. The number of carbonyl (C=O) groups excluding carboxylic acids is 1. The van der Waals surface area contributed by atoms with Crippen LogP contribution < -0.4 is 0 Å². The van der Waals surface area contributed by atoms with Crippen molar-refractivity contribution >= 4 is 24.7 Å². The van der Waals surface area contributed by atoms with Crippen molar-refractivity contribution in [1.82, 2.24) is 0 Å². The Morgan fingerprint density at radius 3 is 2.54 bits per heavy atom. The number of thiol groups is 1. The molecule has 0 aromatic heterocycles. The Morgan fingerprint density at radius 2 is 2.00 bits per heavy atom. The van der Waals surface area contributed by atoms with E-state index in [9.17, 15) is 4.79 Å². The molecule has 68 valence electrons. The van der Waals surface area contributed by atoms with E-state index in [1.807, 2.05) is 24.3 Å². The summed E-state index contributed by atoms with van der Waals surface area (Å²) in [5.41, 5.74) is 0.947. The topological polar surface area (TPSA) is 26.3 Å². The minimum atomic E-state index is -0.352. The van der Waals surface area contributed by atoms with Crippen molar-refractivity contribution in [2.75, 3.05) is 7.11 Å². The van der Waals surface area contributed by atoms with E-state index < -0.39 is 0 Å². The normalized spacial score (nSPS) is 10.3. The molecule has 0 unspecified atom stereocenters. The maximum atomic E-state index is 10.7. The summed E-state index contributed by atoms with van der Waals surface area (Å²) < 4.78 is 4.45. The van der Waals surface area contributed by atoms with Gasteiger partial charge in [0.1, 0.15) is 0 Å². The molecule has 0 amide bonds. The molecule has 0 saturated carbocycles. The summed E-state index contributed by atoms with van der Waals surface area (Å²) in [5, 5.41) is 0. The van der Waals surface area contributed by atoms with Crippen LogP contribution in [0, 0.1) is 0 Å². The van der Waals surface area contributed by atoms with E-state index >= 15 is 0 Å². The lowest BCUT2D eigenvalue weighted by atomic mass is 10.2. The molecule has 0 heterocycles. The van der Waals surface area contributed by atoms with Gasteiger partial charge in [0.2, 0.25) is 0 Å². The van der Waals surface area contributed by atoms with Crippen molar-refractivity contribution in [3.8, 4) is 0 Å². The van der Waals surface area contributed by atoms with Gasteiger partial charge in [0.15, 0.2) is 0 Å². The van der Waals surface area contributed by atoms with Crippen molar-refractivity contribution in [3.05, 3.63) is 35.9 Å². The van der Waals surface area contributed by atoms with E-state index in [0.29, 0.717) is 0 Å². The van der Waals surface area contributed by atoms with Crippen LogP contribution in [-0.2, 0) is 9.53 Å². The van der Waals surface area contributed by atoms with E-state index in [1.165, 1.54) is 13.2 Å².